The van der Waals surface area contributed by atoms with Crippen molar-refractivity contribution in [1.82, 2.24) is 15.5 Å². The summed E-state index contributed by atoms with van der Waals surface area (Å²) in [6.45, 7) is 1.22. The Balaban J connectivity index is 1.79. The summed E-state index contributed by atoms with van der Waals surface area (Å²) in [6, 6.07) is 9.46. The molecule has 8 heteroatoms. The van der Waals surface area contributed by atoms with E-state index in [0.29, 0.717) is 29.8 Å². The molecule has 2 aromatic rings. The van der Waals surface area contributed by atoms with Gasteiger partial charge in [-0.05, 0) is 36.2 Å². The standard InChI is InChI=1S/C20H28N4O4/c1-21-20(23-14-19(25)22-13-16-6-5-11-28-16)24(2)10-9-15-7-8-17(26-3)18(12-15)27-4/h5-8,11-12H,9-10,13-14H2,1-4H3,(H,21,23)(H,22,25). The summed E-state index contributed by atoms with van der Waals surface area (Å²) in [5, 5.41) is 5.86. The van der Waals surface area contributed by atoms with Crippen LogP contribution in [0, 0.1) is 0 Å². The van der Waals surface area contributed by atoms with Crippen LogP contribution in [0.4, 0.5) is 0 Å². The Morgan fingerprint density at radius 1 is 1.18 bits per heavy atom. The van der Waals surface area contributed by atoms with Crippen LogP contribution in [0.1, 0.15) is 11.3 Å². The third kappa shape index (κ3) is 6.22. The highest BCUT2D eigenvalue weighted by atomic mass is 16.5. The van der Waals surface area contributed by atoms with Gasteiger partial charge in [-0.1, -0.05) is 6.07 Å². The monoisotopic (exact) mass is 388 g/mol. The van der Waals surface area contributed by atoms with Crippen LogP contribution >= 0.6 is 0 Å². The van der Waals surface area contributed by atoms with Crippen LogP contribution in [-0.4, -0.2) is 58.2 Å². The fraction of sp³-hybridized carbons (Fsp3) is 0.400. The maximum Gasteiger partial charge on any atom is 0.239 e. The van der Waals surface area contributed by atoms with E-state index in [9.17, 15) is 4.79 Å². The third-order valence-electron chi connectivity index (χ3n) is 4.20. The Kier molecular flexibility index (Phi) is 8.20. The molecule has 0 aliphatic rings. The Hall–Kier alpha value is -3.16. The number of carbonyl (C=O) groups excluding carboxylic acids is 1. The first-order valence-electron chi connectivity index (χ1n) is 8.99. The van der Waals surface area contributed by atoms with E-state index >= 15 is 0 Å². The number of guanidine groups is 1. The number of aliphatic imine (C=N–C) groups is 1. The molecule has 0 radical (unpaired) electrons. The Labute approximate surface area is 165 Å². The zero-order valence-corrected chi connectivity index (χ0v) is 16.8. The van der Waals surface area contributed by atoms with Gasteiger partial charge in [0.05, 0.1) is 33.6 Å². The second-order valence-electron chi connectivity index (χ2n) is 6.12. The van der Waals surface area contributed by atoms with Crippen LogP contribution in [0.5, 0.6) is 11.5 Å². The van der Waals surface area contributed by atoms with E-state index < -0.39 is 0 Å². The Bertz CT molecular complexity index is 775. The van der Waals surface area contributed by atoms with E-state index in [4.69, 9.17) is 13.9 Å². The summed E-state index contributed by atoms with van der Waals surface area (Å²) in [5.74, 6) is 2.64. The highest BCUT2D eigenvalue weighted by Crippen LogP contribution is 2.27. The minimum absolute atomic E-state index is 0.133. The molecular weight excluding hydrogens is 360 g/mol. The van der Waals surface area contributed by atoms with Crippen LogP contribution in [0.15, 0.2) is 46.0 Å². The number of likely N-dealkylation sites (N-methyl/N-ethyl adjacent to an activating group) is 1. The number of furan rings is 1. The summed E-state index contributed by atoms with van der Waals surface area (Å²) in [6.07, 6.45) is 2.37. The molecule has 152 valence electrons. The summed E-state index contributed by atoms with van der Waals surface area (Å²) < 4.78 is 15.8. The van der Waals surface area contributed by atoms with Gasteiger partial charge in [0, 0.05) is 20.6 Å². The SMILES string of the molecule is CN=C(NCC(=O)NCc1ccco1)N(C)CCc1ccc(OC)c(OC)c1. The number of hydrogen-bond acceptors (Lipinski definition) is 5. The van der Waals surface area contributed by atoms with E-state index in [-0.39, 0.29) is 12.5 Å². The van der Waals surface area contributed by atoms with Gasteiger partial charge >= 0.3 is 0 Å². The van der Waals surface area contributed by atoms with E-state index in [1.165, 1.54) is 0 Å². The molecule has 8 nitrogen and oxygen atoms in total. The number of nitrogens with one attached hydrogen (secondary N) is 2. The maximum atomic E-state index is 12.0. The summed E-state index contributed by atoms with van der Waals surface area (Å²) in [4.78, 5) is 18.2. The van der Waals surface area contributed by atoms with Crippen molar-refractivity contribution >= 4 is 11.9 Å². The van der Waals surface area contributed by atoms with Gasteiger partial charge in [-0.3, -0.25) is 9.79 Å². The zero-order valence-electron chi connectivity index (χ0n) is 16.8. The average molecular weight is 388 g/mol. The van der Waals surface area contributed by atoms with Gasteiger partial charge < -0.3 is 29.4 Å². The molecule has 1 heterocycles. The third-order valence-corrected chi connectivity index (χ3v) is 4.20. The average Bonchev–Trinajstić information content (AvgIpc) is 3.24. The number of benzene rings is 1. The summed E-state index contributed by atoms with van der Waals surface area (Å²) in [5.41, 5.74) is 1.12. The molecule has 2 N–H and O–H groups in total. The summed E-state index contributed by atoms with van der Waals surface area (Å²) >= 11 is 0. The number of rotatable bonds is 9. The molecule has 0 aliphatic heterocycles. The van der Waals surface area contributed by atoms with Crippen molar-refractivity contribution in [1.29, 1.82) is 0 Å². The van der Waals surface area contributed by atoms with Gasteiger partial charge in [0.1, 0.15) is 5.76 Å². The second-order valence-corrected chi connectivity index (χ2v) is 6.12. The van der Waals surface area contributed by atoms with Gasteiger partial charge in [-0.15, -0.1) is 0 Å². The van der Waals surface area contributed by atoms with Crippen molar-refractivity contribution in [2.45, 2.75) is 13.0 Å². The molecule has 28 heavy (non-hydrogen) atoms. The Morgan fingerprint density at radius 2 is 1.96 bits per heavy atom. The van der Waals surface area contributed by atoms with Gasteiger partial charge in [0.2, 0.25) is 5.91 Å². The van der Waals surface area contributed by atoms with Crippen molar-refractivity contribution < 1.29 is 18.7 Å². The normalized spacial score (nSPS) is 11.1. The summed E-state index contributed by atoms with van der Waals surface area (Å²) in [7, 11) is 6.86. The van der Waals surface area contributed by atoms with E-state index in [0.717, 1.165) is 18.5 Å². The number of carbonyl (C=O) groups is 1. The van der Waals surface area contributed by atoms with Gasteiger partial charge in [-0.25, -0.2) is 0 Å². The second kappa shape index (κ2) is 10.9. The van der Waals surface area contributed by atoms with Crippen LogP contribution in [0.2, 0.25) is 0 Å². The number of nitrogens with zero attached hydrogens (tertiary/aromatic N) is 2. The van der Waals surface area contributed by atoms with Crippen molar-refractivity contribution in [3.05, 3.63) is 47.9 Å². The van der Waals surface area contributed by atoms with Gasteiger partial charge in [0.15, 0.2) is 17.5 Å². The topological polar surface area (TPSA) is 88.3 Å². The fourth-order valence-electron chi connectivity index (χ4n) is 2.64. The van der Waals surface area contributed by atoms with Gasteiger partial charge in [-0.2, -0.15) is 0 Å². The molecule has 1 aromatic heterocycles. The lowest BCUT2D eigenvalue weighted by molar-refractivity contribution is -0.120. The highest BCUT2D eigenvalue weighted by molar-refractivity contribution is 5.86. The van der Waals surface area contributed by atoms with E-state index in [2.05, 4.69) is 15.6 Å². The van der Waals surface area contributed by atoms with Crippen LogP contribution in [0.25, 0.3) is 0 Å². The number of amides is 1. The first-order valence-corrected chi connectivity index (χ1v) is 8.99. The number of methoxy groups -OCH3 is 2. The van der Waals surface area contributed by atoms with Crippen molar-refractivity contribution in [2.75, 3.05) is 41.4 Å². The molecule has 2 rings (SSSR count). The molecule has 0 atom stereocenters. The maximum absolute atomic E-state index is 12.0. The molecule has 0 saturated carbocycles. The predicted octanol–water partition coefficient (Wildman–Crippen LogP) is 1.66. The number of ether oxygens (including phenoxy) is 2. The van der Waals surface area contributed by atoms with Crippen molar-refractivity contribution in [3.63, 3.8) is 0 Å². The highest BCUT2D eigenvalue weighted by Gasteiger charge is 2.10. The lowest BCUT2D eigenvalue weighted by atomic mass is 10.1. The minimum Gasteiger partial charge on any atom is -0.493 e. The molecule has 0 spiro atoms. The largest absolute Gasteiger partial charge is 0.493 e. The van der Waals surface area contributed by atoms with E-state index in [1.807, 2.05) is 36.2 Å². The molecule has 0 aliphatic carbocycles. The van der Waals surface area contributed by atoms with Crippen LogP contribution in [-0.2, 0) is 17.8 Å². The first-order chi connectivity index (χ1) is 13.6. The lowest BCUT2D eigenvalue weighted by Crippen LogP contribution is -2.44. The van der Waals surface area contributed by atoms with Crippen LogP contribution < -0.4 is 20.1 Å². The smallest absolute Gasteiger partial charge is 0.239 e. The molecule has 1 amide bonds. The minimum atomic E-state index is -0.133. The molecule has 0 saturated heterocycles. The van der Waals surface area contributed by atoms with Gasteiger partial charge in [0.25, 0.3) is 0 Å². The Morgan fingerprint density at radius 3 is 2.61 bits per heavy atom. The lowest BCUT2D eigenvalue weighted by Gasteiger charge is -2.22. The van der Waals surface area contributed by atoms with E-state index in [1.54, 1.807) is 33.6 Å². The molecule has 1 aromatic carbocycles. The first kappa shape index (κ1) is 21.1. The number of hydrogen-bond donors (Lipinski definition) is 2. The molecular formula is C20H28N4O4. The predicted molar refractivity (Wildman–Crippen MR) is 108 cm³/mol. The molecule has 0 unspecified atom stereocenters. The fourth-order valence-corrected chi connectivity index (χ4v) is 2.64. The quantitative estimate of drug-likeness (QED) is 0.502. The van der Waals surface area contributed by atoms with Crippen molar-refractivity contribution in [3.8, 4) is 11.5 Å². The van der Waals surface area contributed by atoms with Crippen molar-refractivity contribution in [2.24, 2.45) is 4.99 Å². The zero-order chi connectivity index (χ0) is 20.4. The van der Waals surface area contributed by atoms with Crippen LogP contribution in [0.3, 0.4) is 0 Å². The molecule has 0 bridgehead atoms. The molecule has 0 fully saturated rings.